The van der Waals surface area contributed by atoms with Crippen LogP contribution in [0.15, 0.2) is 0 Å². The number of fused-ring (bicyclic) bond motifs is 2. The van der Waals surface area contributed by atoms with Gasteiger partial charge in [0, 0.05) is 31.6 Å². The van der Waals surface area contributed by atoms with Crippen molar-refractivity contribution in [2.24, 2.45) is 11.3 Å². The molecule has 2 aliphatic heterocycles. The van der Waals surface area contributed by atoms with Crippen molar-refractivity contribution in [3.8, 4) is 0 Å². The van der Waals surface area contributed by atoms with E-state index in [2.05, 4.69) is 37.9 Å². The smallest absolute Gasteiger partial charge is 0.222 e. The lowest BCUT2D eigenvalue weighted by Crippen LogP contribution is -2.40. The summed E-state index contributed by atoms with van der Waals surface area (Å²) in [6.07, 6.45) is 4.36. The lowest BCUT2D eigenvalue weighted by atomic mass is 9.80. The van der Waals surface area contributed by atoms with E-state index in [0.717, 1.165) is 19.5 Å². The van der Waals surface area contributed by atoms with Gasteiger partial charge in [-0.05, 0) is 30.6 Å². The Labute approximate surface area is 111 Å². The zero-order valence-electron chi connectivity index (χ0n) is 12.3. The van der Waals surface area contributed by atoms with E-state index in [0.29, 0.717) is 30.3 Å². The fraction of sp³-hybridized carbons (Fsp3) is 0.933. The molecule has 18 heavy (non-hydrogen) atoms. The third kappa shape index (κ3) is 3.25. The lowest BCUT2D eigenvalue weighted by molar-refractivity contribution is -0.133. The van der Waals surface area contributed by atoms with E-state index >= 15 is 0 Å². The number of carbonyl (C=O) groups is 1. The van der Waals surface area contributed by atoms with Crippen LogP contribution in [0, 0.1) is 11.3 Å². The van der Waals surface area contributed by atoms with Crippen LogP contribution in [-0.2, 0) is 4.79 Å². The predicted molar refractivity (Wildman–Crippen MR) is 74.4 cm³/mol. The molecule has 2 bridgehead atoms. The van der Waals surface area contributed by atoms with Gasteiger partial charge in [0.1, 0.15) is 0 Å². The van der Waals surface area contributed by atoms with Gasteiger partial charge in [-0.2, -0.15) is 0 Å². The van der Waals surface area contributed by atoms with Crippen LogP contribution >= 0.6 is 0 Å². The fourth-order valence-electron chi connectivity index (χ4n) is 2.87. The Bertz CT molecular complexity index is 308. The first-order valence-electron chi connectivity index (χ1n) is 7.40. The molecule has 1 amide bonds. The number of nitrogens with one attached hydrogen (secondary N) is 1. The second kappa shape index (κ2) is 5.20. The number of nitrogens with zero attached hydrogens (tertiary/aromatic N) is 1. The summed E-state index contributed by atoms with van der Waals surface area (Å²) < 4.78 is 0. The van der Waals surface area contributed by atoms with Gasteiger partial charge in [0.15, 0.2) is 0 Å². The fourth-order valence-corrected chi connectivity index (χ4v) is 2.87. The standard InChI is InChI=1S/C15H28N2O/c1-11(15(2,3)4)9-14(18)17-8-7-12-5-6-13(10-17)16-12/h11-13,16H,5-10H2,1-4H3. The summed E-state index contributed by atoms with van der Waals surface area (Å²) in [7, 11) is 0. The van der Waals surface area contributed by atoms with Crippen molar-refractivity contribution in [3.05, 3.63) is 0 Å². The summed E-state index contributed by atoms with van der Waals surface area (Å²) in [5.74, 6) is 0.796. The molecular weight excluding hydrogens is 224 g/mol. The van der Waals surface area contributed by atoms with Gasteiger partial charge in [-0.15, -0.1) is 0 Å². The first-order valence-corrected chi connectivity index (χ1v) is 7.40. The van der Waals surface area contributed by atoms with Gasteiger partial charge < -0.3 is 10.2 Å². The highest BCUT2D eigenvalue weighted by Gasteiger charge is 2.32. The van der Waals surface area contributed by atoms with Crippen LogP contribution < -0.4 is 5.32 Å². The molecule has 0 aromatic rings. The van der Waals surface area contributed by atoms with Crippen LogP contribution in [-0.4, -0.2) is 36.0 Å². The first-order chi connectivity index (χ1) is 8.36. The molecule has 2 heterocycles. The molecular formula is C15H28N2O. The maximum atomic E-state index is 12.4. The van der Waals surface area contributed by atoms with Crippen molar-refractivity contribution >= 4 is 5.91 Å². The molecule has 3 unspecified atom stereocenters. The predicted octanol–water partition coefficient (Wildman–Crippen LogP) is 2.41. The van der Waals surface area contributed by atoms with E-state index in [1.165, 1.54) is 12.8 Å². The largest absolute Gasteiger partial charge is 0.341 e. The Balaban J connectivity index is 1.89. The van der Waals surface area contributed by atoms with Crippen LogP contribution in [0.4, 0.5) is 0 Å². The van der Waals surface area contributed by atoms with Crippen LogP contribution in [0.3, 0.4) is 0 Å². The summed E-state index contributed by atoms with van der Waals surface area (Å²) in [6.45, 7) is 10.7. The first kappa shape index (κ1) is 13.9. The molecule has 0 spiro atoms. The molecule has 0 aromatic carbocycles. The lowest BCUT2D eigenvalue weighted by Gasteiger charge is -2.30. The van der Waals surface area contributed by atoms with Crippen LogP contribution in [0.25, 0.3) is 0 Å². The molecule has 0 saturated carbocycles. The number of amides is 1. The molecule has 2 saturated heterocycles. The Morgan fingerprint density at radius 3 is 2.61 bits per heavy atom. The Morgan fingerprint density at radius 2 is 1.94 bits per heavy atom. The molecule has 2 rings (SSSR count). The van der Waals surface area contributed by atoms with E-state index in [9.17, 15) is 4.79 Å². The summed E-state index contributed by atoms with van der Waals surface area (Å²) in [5.41, 5.74) is 0.221. The summed E-state index contributed by atoms with van der Waals surface area (Å²) >= 11 is 0. The topological polar surface area (TPSA) is 32.3 Å². The SMILES string of the molecule is CC(CC(=O)N1CCC2CCC(C1)N2)C(C)(C)C. The molecule has 3 heteroatoms. The molecule has 3 nitrogen and oxygen atoms in total. The molecule has 0 aliphatic carbocycles. The highest BCUT2D eigenvalue weighted by molar-refractivity contribution is 5.76. The second-order valence-corrected chi connectivity index (χ2v) is 7.24. The number of hydrogen-bond donors (Lipinski definition) is 1. The minimum atomic E-state index is 0.221. The van der Waals surface area contributed by atoms with E-state index in [1.54, 1.807) is 0 Å². The Morgan fingerprint density at radius 1 is 1.28 bits per heavy atom. The molecule has 104 valence electrons. The summed E-state index contributed by atoms with van der Waals surface area (Å²) in [6, 6.07) is 1.21. The van der Waals surface area contributed by atoms with E-state index in [-0.39, 0.29) is 5.41 Å². The van der Waals surface area contributed by atoms with Gasteiger partial charge in [0.25, 0.3) is 0 Å². The third-order valence-electron chi connectivity index (χ3n) is 4.84. The van der Waals surface area contributed by atoms with Crippen LogP contribution in [0.5, 0.6) is 0 Å². The van der Waals surface area contributed by atoms with Gasteiger partial charge in [0.2, 0.25) is 5.91 Å². The molecule has 0 radical (unpaired) electrons. The normalized spacial score (nSPS) is 30.1. The summed E-state index contributed by atoms with van der Waals surface area (Å²) in [4.78, 5) is 14.5. The number of likely N-dealkylation sites (tertiary alicyclic amines) is 1. The number of hydrogen-bond acceptors (Lipinski definition) is 2. The van der Waals surface area contributed by atoms with Crippen molar-refractivity contribution < 1.29 is 4.79 Å². The minimum Gasteiger partial charge on any atom is -0.341 e. The molecule has 2 aliphatic rings. The van der Waals surface area contributed by atoms with Gasteiger partial charge in [-0.3, -0.25) is 4.79 Å². The zero-order valence-corrected chi connectivity index (χ0v) is 12.3. The van der Waals surface area contributed by atoms with Gasteiger partial charge in [0.05, 0.1) is 0 Å². The van der Waals surface area contributed by atoms with E-state index in [1.807, 2.05) is 0 Å². The minimum absolute atomic E-state index is 0.221. The highest BCUT2D eigenvalue weighted by atomic mass is 16.2. The Kier molecular flexibility index (Phi) is 4.00. The zero-order chi connectivity index (χ0) is 13.3. The van der Waals surface area contributed by atoms with E-state index < -0.39 is 0 Å². The second-order valence-electron chi connectivity index (χ2n) is 7.24. The maximum Gasteiger partial charge on any atom is 0.222 e. The monoisotopic (exact) mass is 252 g/mol. The van der Waals surface area contributed by atoms with Gasteiger partial charge >= 0.3 is 0 Å². The number of rotatable bonds is 2. The van der Waals surface area contributed by atoms with Crippen LogP contribution in [0.2, 0.25) is 0 Å². The van der Waals surface area contributed by atoms with E-state index in [4.69, 9.17) is 0 Å². The van der Waals surface area contributed by atoms with Crippen molar-refractivity contribution in [1.82, 2.24) is 10.2 Å². The van der Waals surface area contributed by atoms with Crippen molar-refractivity contribution in [2.45, 2.75) is 65.5 Å². The maximum absolute atomic E-state index is 12.4. The number of carbonyl (C=O) groups excluding carboxylic acids is 1. The summed E-state index contributed by atoms with van der Waals surface area (Å²) in [5, 5.41) is 3.63. The average molecular weight is 252 g/mol. The highest BCUT2D eigenvalue weighted by Crippen LogP contribution is 2.29. The quantitative estimate of drug-likeness (QED) is 0.818. The van der Waals surface area contributed by atoms with Crippen molar-refractivity contribution in [2.75, 3.05) is 13.1 Å². The third-order valence-corrected chi connectivity index (χ3v) is 4.84. The van der Waals surface area contributed by atoms with Gasteiger partial charge in [-0.1, -0.05) is 27.7 Å². The van der Waals surface area contributed by atoms with Crippen LogP contribution in [0.1, 0.15) is 53.4 Å². The Hall–Kier alpha value is -0.570. The molecule has 0 aromatic heterocycles. The average Bonchev–Trinajstić information content (AvgIpc) is 2.56. The molecule has 3 atom stereocenters. The molecule has 1 N–H and O–H groups in total. The van der Waals surface area contributed by atoms with Crippen molar-refractivity contribution in [3.63, 3.8) is 0 Å². The van der Waals surface area contributed by atoms with Crippen molar-refractivity contribution in [1.29, 1.82) is 0 Å². The van der Waals surface area contributed by atoms with Gasteiger partial charge in [-0.25, -0.2) is 0 Å². The molecule has 2 fully saturated rings.